The van der Waals surface area contributed by atoms with Gasteiger partial charge in [-0.15, -0.1) is 0 Å². The molecule has 8 rings (SSSR count). The van der Waals surface area contributed by atoms with Gasteiger partial charge in [-0.1, -0.05) is 29.0 Å². The third-order valence-electron chi connectivity index (χ3n) is 9.97. The van der Waals surface area contributed by atoms with Crippen molar-refractivity contribution in [2.75, 3.05) is 18.6 Å². The number of carbonyl (C=O) groups is 1. The molecule has 216 valence electrons. The van der Waals surface area contributed by atoms with Crippen molar-refractivity contribution in [3.8, 4) is 11.4 Å². The van der Waals surface area contributed by atoms with Crippen LogP contribution in [0.1, 0.15) is 101 Å². The zero-order chi connectivity index (χ0) is 28.2. The highest BCUT2D eigenvalue weighted by molar-refractivity contribution is 5.94. The number of methoxy groups -OCH3 is 1. The highest BCUT2D eigenvalue weighted by Crippen LogP contribution is 2.58. The third-order valence-corrected chi connectivity index (χ3v) is 9.97. The van der Waals surface area contributed by atoms with E-state index in [9.17, 15) is 9.18 Å². The Kier molecular flexibility index (Phi) is 6.37. The van der Waals surface area contributed by atoms with E-state index in [1.807, 2.05) is 29.2 Å². The summed E-state index contributed by atoms with van der Waals surface area (Å²) in [4.78, 5) is 24.9. The smallest absolute Gasteiger partial charge is 0.259 e. The van der Waals surface area contributed by atoms with E-state index in [1.54, 1.807) is 7.11 Å². The van der Waals surface area contributed by atoms with E-state index in [4.69, 9.17) is 18.8 Å². The van der Waals surface area contributed by atoms with Gasteiger partial charge in [-0.05, 0) is 81.8 Å². The van der Waals surface area contributed by atoms with E-state index < -0.39 is 11.4 Å². The Morgan fingerprint density at radius 3 is 2.41 bits per heavy atom. The molecule has 0 N–H and O–H groups in total. The molecule has 2 aromatic heterocycles. The van der Waals surface area contributed by atoms with Crippen molar-refractivity contribution in [3.05, 3.63) is 54.3 Å². The van der Waals surface area contributed by atoms with E-state index in [-0.39, 0.29) is 29.6 Å². The summed E-state index contributed by atoms with van der Waals surface area (Å²) in [6.07, 6.45) is 9.90. The summed E-state index contributed by atoms with van der Waals surface area (Å²) < 4.78 is 30.5. The maximum absolute atomic E-state index is 13.6. The van der Waals surface area contributed by atoms with Gasteiger partial charge in [-0.25, -0.2) is 4.39 Å². The van der Waals surface area contributed by atoms with E-state index in [1.165, 1.54) is 0 Å². The molecular formula is C31H36FN5O4. The molecule has 1 amide bonds. The molecule has 0 spiro atoms. The van der Waals surface area contributed by atoms with Gasteiger partial charge in [0.25, 0.3) is 5.89 Å². The number of carbonyl (C=O) groups excluding carboxylic acids is 1. The van der Waals surface area contributed by atoms with Gasteiger partial charge in [0, 0.05) is 49.1 Å². The first kappa shape index (κ1) is 26.5. The summed E-state index contributed by atoms with van der Waals surface area (Å²) in [7, 11) is 1.65. The minimum atomic E-state index is -0.484. The van der Waals surface area contributed by atoms with Crippen LogP contribution in [0.3, 0.4) is 0 Å². The lowest BCUT2D eigenvalue weighted by Crippen LogP contribution is -2.50. The predicted molar refractivity (Wildman–Crippen MR) is 148 cm³/mol. The fourth-order valence-corrected chi connectivity index (χ4v) is 6.77. The highest BCUT2D eigenvalue weighted by atomic mass is 19.1. The van der Waals surface area contributed by atoms with E-state index in [2.05, 4.69) is 21.9 Å². The topological polar surface area (TPSA) is 107 Å². The van der Waals surface area contributed by atoms with Crippen molar-refractivity contribution in [2.45, 2.75) is 94.0 Å². The van der Waals surface area contributed by atoms with Crippen LogP contribution in [0, 0.1) is 5.41 Å². The molecule has 5 saturated carbocycles. The molecule has 0 atom stereocenters. The Hall–Kier alpha value is -3.40. The Labute approximate surface area is 238 Å². The maximum atomic E-state index is 13.6. The first-order valence-corrected chi connectivity index (χ1v) is 14.8. The minimum Gasteiger partial charge on any atom is -0.368 e. The van der Waals surface area contributed by atoms with Crippen LogP contribution in [0.15, 0.2) is 45.7 Å². The lowest BCUT2D eigenvalue weighted by Gasteiger charge is -2.53. The van der Waals surface area contributed by atoms with Crippen molar-refractivity contribution in [1.82, 2.24) is 20.3 Å². The third kappa shape index (κ3) is 4.90. The van der Waals surface area contributed by atoms with Crippen LogP contribution in [0.5, 0.6) is 0 Å². The van der Waals surface area contributed by atoms with Crippen molar-refractivity contribution in [3.63, 3.8) is 0 Å². The SMILES string of the molecule is C=C(F)CCC(=O)N(CC12CCC(c3nc(C4CC4)no3)(CC1)CC2)c1cccc(-c2noc(C3(OC)CC3)n2)c1. The number of halogens is 1. The zero-order valence-corrected chi connectivity index (χ0v) is 23.5. The van der Waals surface area contributed by atoms with Gasteiger partial charge in [0.2, 0.25) is 17.6 Å². The molecule has 10 heteroatoms. The predicted octanol–water partition coefficient (Wildman–Crippen LogP) is 6.52. The summed E-state index contributed by atoms with van der Waals surface area (Å²) in [6.45, 7) is 3.93. The molecule has 41 heavy (non-hydrogen) atoms. The molecule has 5 aliphatic rings. The summed E-state index contributed by atoms with van der Waals surface area (Å²) in [5.41, 5.74) is 0.953. The van der Waals surface area contributed by atoms with E-state index >= 15 is 0 Å². The van der Waals surface area contributed by atoms with Crippen molar-refractivity contribution < 1.29 is 23.0 Å². The number of hydrogen-bond donors (Lipinski definition) is 0. The molecule has 1 aromatic carbocycles. The number of rotatable bonds is 11. The van der Waals surface area contributed by atoms with Gasteiger partial charge in [-0.2, -0.15) is 9.97 Å². The molecule has 5 fully saturated rings. The Morgan fingerprint density at radius 1 is 1.02 bits per heavy atom. The van der Waals surface area contributed by atoms with Crippen LogP contribution >= 0.6 is 0 Å². The number of fused-ring (bicyclic) bond motifs is 3. The Morgan fingerprint density at radius 2 is 1.76 bits per heavy atom. The van der Waals surface area contributed by atoms with Crippen molar-refractivity contribution >= 4 is 11.6 Å². The number of allylic oxidation sites excluding steroid dienone is 1. The molecule has 3 aromatic rings. The summed E-state index contributed by atoms with van der Waals surface area (Å²) in [5, 5.41) is 8.48. The molecule has 0 unspecified atom stereocenters. The van der Waals surface area contributed by atoms with Crippen LogP contribution in [0.25, 0.3) is 11.4 Å². The number of benzene rings is 1. The molecular weight excluding hydrogens is 525 g/mol. The Balaban J connectivity index is 1.12. The van der Waals surface area contributed by atoms with Gasteiger partial charge in [0.1, 0.15) is 5.60 Å². The molecule has 0 radical (unpaired) electrons. The van der Waals surface area contributed by atoms with Crippen LogP contribution in [0.2, 0.25) is 0 Å². The largest absolute Gasteiger partial charge is 0.368 e. The number of nitrogens with zero attached hydrogens (tertiary/aromatic N) is 5. The quantitative estimate of drug-likeness (QED) is 0.260. The molecule has 5 aliphatic carbocycles. The van der Waals surface area contributed by atoms with Gasteiger partial charge in [0.05, 0.1) is 5.83 Å². The summed E-state index contributed by atoms with van der Waals surface area (Å²) >= 11 is 0. The standard InChI is InChI=1S/C31H36FN5O4/c1-20(32)6-9-24(38)37(23-5-3-4-22(18-23)26-34-28(41-36-26)31(39-2)16-17-31)19-29-10-13-30(14-11-29,15-12-29)27-33-25(35-40-27)21-7-8-21/h3-5,18,21H,1,6-17,19H2,2H3. The fourth-order valence-electron chi connectivity index (χ4n) is 6.77. The normalized spacial score (nSPS) is 26.2. The summed E-state index contributed by atoms with van der Waals surface area (Å²) in [5.74, 6) is 2.47. The molecule has 9 nitrogen and oxygen atoms in total. The van der Waals surface area contributed by atoms with Crippen LogP contribution in [-0.2, 0) is 20.5 Å². The molecule has 2 heterocycles. The van der Waals surface area contributed by atoms with Gasteiger partial charge < -0.3 is 18.7 Å². The minimum absolute atomic E-state index is 0.0128. The highest BCUT2D eigenvalue weighted by Gasteiger charge is 2.53. The van der Waals surface area contributed by atoms with Crippen LogP contribution in [-0.4, -0.2) is 39.8 Å². The number of anilines is 1. The van der Waals surface area contributed by atoms with Crippen molar-refractivity contribution in [2.24, 2.45) is 5.41 Å². The summed E-state index contributed by atoms with van der Waals surface area (Å²) in [6, 6.07) is 7.66. The van der Waals surface area contributed by atoms with Crippen LogP contribution in [0.4, 0.5) is 10.1 Å². The fraction of sp³-hybridized carbons (Fsp3) is 0.581. The van der Waals surface area contributed by atoms with Gasteiger partial charge in [0.15, 0.2) is 5.82 Å². The van der Waals surface area contributed by atoms with Gasteiger partial charge in [-0.3, -0.25) is 4.79 Å². The number of hydrogen-bond acceptors (Lipinski definition) is 8. The molecule has 0 saturated heterocycles. The average molecular weight is 562 g/mol. The lowest BCUT2D eigenvalue weighted by molar-refractivity contribution is -0.119. The second-order valence-electron chi connectivity index (χ2n) is 12.7. The number of ether oxygens (including phenoxy) is 1. The van der Waals surface area contributed by atoms with E-state index in [0.29, 0.717) is 24.2 Å². The second kappa shape index (κ2) is 9.86. The molecule has 0 aliphatic heterocycles. The monoisotopic (exact) mass is 561 g/mol. The number of amides is 1. The first-order chi connectivity index (χ1) is 19.8. The average Bonchev–Trinajstić information content (AvgIpc) is 3.91. The maximum Gasteiger partial charge on any atom is 0.259 e. The number of aromatic nitrogens is 4. The second-order valence-corrected chi connectivity index (χ2v) is 12.7. The van der Waals surface area contributed by atoms with Gasteiger partial charge >= 0.3 is 0 Å². The van der Waals surface area contributed by atoms with Crippen molar-refractivity contribution in [1.29, 1.82) is 0 Å². The Bertz CT molecular complexity index is 1450. The molecule has 2 bridgehead atoms. The van der Waals surface area contributed by atoms with E-state index in [0.717, 1.165) is 87.2 Å². The lowest BCUT2D eigenvalue weighted by atomic mass is 9.53. The van der Waals surface area contributed by atoms with Crippen LogP contribution < -0.4 is 4.90 Å². The first-order valence-electron chi connectivity index (χ1n) is 14.8. The zero-order valence-electron chi connectivity index (χ0n) is 23.5.